The zero-order chi connectivity index (χ0) is 15.2. The number of aryl methyl sites for hydroxylation is 1. The lowest BCUT2D eigenvalue weighted by Crippen LogP contribution is -2.23. The molecule has 0 aliphatic heterocycles. The first-order chi connectivity index (χ1) is 10.1. The molecule has 0 aliphatic carbocycles. The predicted molar refractivity (Wildman–Crippen MR) is 88.0 cm³/mol. The quantitative estimate of drug-likeness (QED) is 0.883. The van der Waals surface area contributed by atoms with E-state index in [4.69, 9.17) is 10.7 Å². The SMILES string of the molecule is Cc1cc(C(C)C)nc(N(CCCN)c2ccccc2)n1. The van der Waals surface area contributed by atoms with Crippen LogP contribution >= 0.6 is 0 Å². The highest BCUT2D eigenvalue weighted by molar-refractivity contribution is 5.57. The molecular formula is C17H24N4. The predicted octanol–water partition coefficient (Wildman–Crippen LogP) is 3.40. The summed E-state index contributed by atoms with van der Waals surface area (Å²) in [6, 6.07) is 12.3. The minimum Gasteiger partial charge on any atom is -0.330 e. The van der Waals surface area contributed by atoms with Crippen LogP contribution in [0, 0.1) is 6.92 Å². The second kappa shape index (κ2) is 7.18. The summed E-state index contributed by atoms with van der Waals surface area (Å²) in [6.07, 6.45) is 0.906. The maximum atomic E-state index is 5.67. The summed E-state index contributed by atoms with van der Waals surface area (Å²) in [4.78, 5) is 11.5. The van der Waals surface area contributed by atoms with Crippen LogP contribution in [0.5, 0.6) is 0 Å². The molecule has 0 amide bonds. The van der Waals surface area contributed by atoms with Gasteiger partial charge < -0.3 is 10.6 Å². The average molecular weight is 284 g/mol. The van der Waals surface area contributed by atoms with Crippen molar-refractivity contribution in [2.24, 2.45) is 5.73 Å². The van der Waals surface area contributed by atoms with Crippen LogP contribution in [0.1, 0.15) is 37.6 Å². The highest BCUT2D eigenvalue weighted by Crippen LogP contribution is 2.24. The number of benzene rings is 1. The minimum absolute atomic E-state index is 0.387. The molecule has 2 aromatic rings. The summed E-state index contributed by atoms with van der Waals surface area (Å²) < 4.78 is 0. The number of aromatic nitrogens is 2. The molecule has 0 atom stereocenters. The third-order valence-electron chi connectivity index (χ3n) is 3.35. The number of rotatable bonds is 6. The second-order valence-electron chi connectivity index (χ2n) is 5.52. The first-order valence-corrected chi connectivity index (χ1v) is 7.50. The molecule has 0 saturated carbocycles. The van der Waals surface area contributed by atoms with Crippen LogP contribution in [0.4, 0.5) is 11.6 Å². The molecule has 0 bridgehead atoms. The Balaban J connectivity index is 2.41. The molecule has 112 valence electrons. The molecule has 2 rings (SSSR count). The Morgan fingerprint density at radius 3 is 2.48 bits per heavy atom. The Morgan fingerprint density at radius 1 is 1.14 bits per heavy atom. The van der Waals surface area contributed by atoms with Crippen LogP contribution in [0.15, 0.2) is 36.4 Å². The van der Waals surface area contributed by atoms with E-state index in [1.807, 2.05) is 25.1 Å². The molecule has 0 unspecified atom stereocenters. The number of anilines is 2. The summed E-state index contributed by atoms with van der Waals surface area (Å²) >= 11 is 0. The van der Waals surface area contributed by atoms with Crippen molar-refractivity contribution in [3.05, 3.63) is 47.8 Å². The van der Waals surface area contributed by atoms with E-state index in [-0.39, 0.29) is 0 Å². The van der Waals surface area contributed by atoms with Gasteiger partial charge in [0, 0.05) is 23.6 Å². The van der Waals surface area contributed by atoms with Gasteiger partial charge in [-0.25, -0.2) is 9.97 Å². The van der Waals surface area contributed by atoms with Crippen molar-refractivity contribution in [3.8, 4) is 0 Å². The molecule has 0 spiro atoms. The van der Waals surface area contributed by atoms with Gasteiger partial charge in [-0.1, -0.05) is 32.0 Å². The summed E-state index contributed by atoms with van der Waals surface area (Å²) in [5.74, 6) is 1.15. The number of hydrogen-bond acceptors (Lipinski definition) is 4. The van der Waals surface area contributed by atoms with E-state index in [1.165, 1.54) is 0 Å². The van der Waals surface area contributed by atoms with Gasteiger partial charge in [0.1, 0.15) is 0 Å². The molecule has 2 N–H and O–H groups in total. The van der Waals surface area contributed by atoms with Crippen LogP contribution in [0.3, 0.4) is 0 Å². The van der Waals surface area contributed by atoms with Gasteiger partial charge in [0.15, 0.2) is 0 Å². The van der Waals surface area contributed by atoms with Gasteiger partial charge in [-0.05, 0) is 44.0 Å². The van der Waals surface area contributed by atoms with Gasteiger partial charge in [0.25, 0.3) is 0 Å². The highest BCUT2D eigenvalue weighted by atomic mass is 15.3. The van der Waals surface area contributed by atoms with Crippen LogP contribution in [0.2, 0.25) is 0 Å². The first-order valence-electron chi connectivity index (χ1n) is 7.50. The Morgan fingerprint density at radius 2 is 1.86 bits per heavy atom. The number of para-hydroxylation sites is 1. The van der Waals surface area contributed by atoms with Crippen molar-refractivity contribution >= 4 is 11.6 Å². The van der Waals surface area contributed by atoms with Crippen LogP contribution in [-0.4, -0.2) is 23.1 Å². The van der Waals surface area contributed by atoms with Gasteiger partial charge in [0.05, 0.1) is 0 Å². The first kappa shape index (κ1) is 15.4. The van der Waals surface area contributed by atoms with E-state index in [1.54, 1.807) is 0 Å². The fraction of sp³-hybridized carbons (Fsp3) is 0.412. The van der Waals surface area contributed by atoms with Crippen LogP contribution in [-0.2, 0) is 0 Å². The van der Waals surface area contributed by atoms with E-state index in [0.717, 1.165) is 36.0 Å². The van der Waals surface area contributed by atoms with E-state index in [2.05, 4.69) is 41.9 Å². The van der Waals surface area contributed by atoms with Crippen molar-refractivity contribution in [1.82, 2.24) is 9.97 Å². The minimum atomic E-state index is 0.387. The summed E-state index contributed by atoms with van der Waals surface area (Å²) in [6.45, 7) is 7.80. The molecule has 0 aliphatic rings. The molecule has 1 aromatic heterocycles. The molecule has 0 saturated heterocycles. The smallest absolute Gasteiger partial charge is 0.230 e. The molecule has 1 heterocycles. The largest absolute Gasteiger partial charge is 0.330 e. The molecule has 21 heavy (non-hydrogen) atoms. The molecule has 4 heteroatoms. The van der Waals surface area contributed by atoms with Crippen molar-refractivity contribution in [1.29, 1.82) is 0 Å². The normalized spacial score (nSPS) is 10.9. The van der Waals surface area contributed by atoms with E-state index in [0.29, 0.717) is 12.5 Å². The van der Waals surface area contributed by atoms with Gasteiger partial charge in [-0.3, -0.25) is 0 Å². The Kier molecular flexibility index (Phi) is 5.28. The topological polar surface area (TPSA) is 55.0 Å². The summed E-state index contributed by atoms with van der Waals surface area (Å²) in [7, 11) is 0. The lowest BCUT2D eigenvalue weighted by Gasteiger charge is -2.23. The summed E-state index contributed by atoms with van der Waals surface area (Å²) in [5.41, 5.74) is 8.85. The number of nitrogens with two attached hydrogens (primary N) is 1. The average Bonchev–Trinajstić information content (AvgIpc) is 2.48. The van der Waals surface area contributed by atoms with E-state index < -0.39 is 0 Å². The zero-order valence-electron chi connectivity index (χ0n) is 13.1. The number of nitrogens with zero attached hydrogens (tertiary/aromatic N) is 3. The van der Waals surface area contributed by atoms with Crippen molar-refractivity contribution in [3.63, 3.8) is 0 Å². The molecule has 1 aromatic carbocycles. The standard InChI is InChI=1S/C17H24N4/c1-13(2)16-12-14(3)19-17(20-16)21(11-7-10-18)15-8-5-4-6-9-15/h4-6,8-9,12-13H,7,10-11,18H2,1-3H3. The lowest BCUT2D eigenvalue weighted by molar-refractivity contribution is 0.769. The third-order valence-corrected chi connectivity index (χ3v) is 3.35. The van der Waals surface area contributed by atoms with Crippen molar-refractivity contribution in [2.45, 2.75) is 33.1 Å². The summed E-state index contributed by atoms with van der Waals surface area (Å²) in [5, 5.41) is 0. The maximum Gasteiger partial charge on any atom is 0.230 e. The zero-order valence-corrected chi connectivity index (χ0v) is 13.1. The molecule has 4 nitrogen and oxygen atoms in total. The van der Waals surface area contributed by atoms with Crippen LogP contribution < -0.4 is 10.6 Å². The van der Waals surface area contributed by atoms with Gasteiger partial charge in [-0.15, -0.1) is 0 Å². The molecule has 0 radical (unpaired) electrons. The highest BCUT2D eigenvalue weighted by Gasteiger charge is 2.14. The monoisotopic (exact) mass is 284 g/mol. The van der Waals surface area contributed by atoms with E-state index in [9.17, 15) is 0 Å². The Labute approximate surface area is 127 Å². The van der Waals surface area contributed by atoms with E-state index >= 15 is 0 Å². The fourth-order valence-electron chi connectivity index (χ4n) is 2.20. The fourth-order valence-corrected chi connectivity index (χ4v) is 2.20. The van der Waals surface area contributed by atoms with Gasteiger partial charge in [-0.2, -0.15) is 0 Å². The second-order valence-corrected chi connectivity index (χ2v) is 5.52. The molecular weight excluding hydrogens is 260 g/mol. The Bertz CT molecular complexity index is 566. The van der Waals surface area contributed by atoms with Crippen molar-refractivity contribution in [2.75, 3.05) is 18.0 Å². The van der Waals surface area contributed by atoms with Crippen molar-refractivity contribution < 1.29 is 0 Å². The maximum absolute atomic E-state index is 5.67. The third kappa shape index (κ3) is 4.02. The Hall–Kier alpha value is -1.94. The number of hydrogen-bond donors (Lipinski definition) is 1. The van der Waals surface area contributed by atoms with Gasteiger partial charge in [0.2, 0.25) is 5.95 Å². The molecule has 0 fully saturated rings. The lowest BCUT2D eigenvalue weighted by atomic mass is 10.1. The van der Waals surface area contributed by atoms with Gasteiger partial charge >= 0.3 is 0 Å². The van der Waals surface area contributed by atoms with Crippen LogP contribution in [0.25, 0.3) is 0 Å².